The van der Waals surface area contributed by atoms with Crippen molar-refractivity contribution in [3.05, 3.63) is 71.6 Å². The first-order valence-electron chi connectivity index (χ1n) is 8.98. The second-order valence-corrected chi connectivity index (χ2v) is 6.78. The molecule has 1 aliphatic rings. The zero-order chi connectivity index (χ0) is 20.4. The minimum absolute atomic E-state index is 0.0954. The van der Waals surface area contributed by atoms with Gasteiger partial charge in [-0.1, -0.05) is 47.6 Å². The summed E-state index contributed by atoms with van der Waals surface area (Å²) in [5, 5.41) is 6.62. The molecule has 2 amide bonds. The van der Waals surface area contributed by atoms with Crippen LogP contribution in [0.25, 0.3) is 11.4 Å². The Bertz CT molecular complexity index is 998. The predicted octanol–water partition coefficient (Wildman–Crippen LogP) is 4.06. The lowest BCUT2D eigenvalue weighted by Gasteiger charge is -2.36. The van der Waals surface area contributed by atoms with E-state index >= 15 is 0 Å². The van der Waals surface area contributed by atoms with Crippen LogP contribution in [-0.2, 0) is 12.7 Å². The molecule has 6 nitrogen and oxygen atoms in total. The first kappa shape index (κ1) is 19.0. The lowest BCUT2D eigenvalue weighted by atomic mass is 10.0. The second-order valence-electron chi connectivity index (χ2n) is 6.78. The zero-order valence-corrected chi connectivity index (χ0v) is 15.2. The van der Waals surface area contributed by atoms with E-state index in [1.165, 1.54) is 12.1 Å². The van der Waals surface area contributed by atoms with Crippen molar-refractivity contribution in [1.29, 1.82) is 0 Å². The third-order valence-corrected chi connectivity index (χ3v) is 4.69. The Hall–Kier alpha value is -3.36. The molecule has 0 spiro atoms. The molecule has 2 heterocycles. The summed E-state index contributed by atoms with van der Waals surface area (Å²) in [5.41, 5.74) is 0.457. The van der Waals surface area contributed by atoms with Gasteiger partial charge in [-0.15, -0.1) is 0 Å². The van der Waals surface area contributed by atoms with Gasteiger partial charge in [0.2, 0.25) is 11.7 Å². The number of hydrogen-bond acceptors (Lipinski definition) is 4. The van der Waals surface area contributed by atoms with Gasteiger partial charge in [0.1, 0.15) is 0 Å². The molecule has 0 bridgehead atoms. The number of nitrogens with one attached hydrogen (secondary N) is 1. The number of carbonyl (C=O) groups excluding carboxylic acids is 1. The van der Waals surface area contributed by atoms with E-state index in [1.54, 1.807) is 4.90 Å². The Balaban J connectivity index is 1.34. The predicted molar refractivity (Wildman–Crippen MR) is 97.7 cm³/mol. The summed E-state index contributed by atoms with van der Waals surface area (Å²) in [5.74, 6) is 0.270. The van der Waals surface area contributed by atoms with Gasteiger partial charge < -0.3 is 14.7 Å². The Kier molecular flexibility index (Phi) is 4.96. The van der Waals surface area contributed by atoms with E-state index in [-0.39, 0.29) is 23.3 Å². The molecule has 1 fully saturated rings. The quantitative estimate of drug-likeness (QED) is 0.714. The number of urea groups is 1. The number of halogens is 3. The van der Waals surface area contributed by atoms with Crippen molar-refractivity contribution in [2.75, 3.05) is 13.1 Å². The molecule has 9 heteroatoms. The molecule has 29 heavy (non-hydrogen) atoms. The lowest BCUT2D eigenvalue weighted by Crippen LogP contribution is -2.52. The largest absolute Gasteiger partial charge is 0.416 e. The molecule has 1 aliphatic heterocycles. The molecule has 0 radical (unpaired) electrons. The smallest absolute Gasteiger partial charge is 0.339 e. The van der Waals surface area contributed by atoms with E-state index in [4.69, 9.17) is 4.52 Å². The standard InChI is InChI=1S/C20H17F3N4O2/c21-20(22,23)16-8-4-7-14(9-16)17-25-18(29-26-17)15-11-27(12-15)19(28)24-10-13-5-2-1-3-6-13/h1-9,15H,10-12H2,(H,24,28). The van der Waals surface area contributed by atoms with Crippen LogP contribution >= 0.6 is 0 Å². The highest BCUT2D eigenvalue weighted by Gasteiger charge is 2.36. The van der Waals surface area contributed by atoms with Gasteiger partial charge in [0.25, 0.3) is 0 Å². The number of amides is 2. The highest BCUT2D eigenvalue weighted by Crippen LogP contribution is 2.32. The van der Waals surface area contributed by atoms with Crippen molar-refractivity contribution in [2.24, 2.45) is 0 Å². The summed E-state index contributed by atoms with van der Waals surface area (Å²) >= 11 is 0. The minimum Gasteiger partial charge on any atom is -0.339 e. The monoisotopic (exact) mass is 402 g/mol. The summed E-state index contributed by atoms with van der Waals surface area (Å²) in [7, 11) is 0. The summed E-state index contributed by atoms with van der Waals surface area (Å²) < 4.78 is 43.8. The van der Waals surface area contributed by atoms with Crippen LogP contribution in [0.5, 0.6) is 0 Å². The SMILES string of the molecule is O=C(NCc1ccccc1)N1CC(c2nc(-c3cccc(C(F)(F)F)c3)no2)C1. The Morgan fingerprint density at radius 3 is 2.62 bits per heavy atom. The molecule has 3 aromatic rings. The lowest BCUT2D eigenvalue weighted by molar-refractivity contribution is -0.137. The number of likely N-dealkylation sites (tertiary alicyclic amines) is 1. The summed E-state index contributed by atoms with van der Waals surface area (Å²) in [6.07, 6.45) is -4.44. The maximum atomic E-state index is 12.9. The molecule has 1 N–H and O–H groups in total. The molecular weight excluding hydrogens is 385 g/mol. The number of rotatable bonds is 4. The number of hydrogen-bond donors (Lipinski definition) is 1. The van der Waals surface area contributed by atoms with Crippen LogP contribution < -0.4 is 5.32 Å². The van der Waals surface area contributed by atoms with Crippen LogP contribution in [0.2, 0.25) is 0 Å². The van der Waals surface area contributed by atoms with E-state index in [9.17, 15) is 18.0 Å². The number of carbonyl (C=O) groups is 1. The van der Waals surface area contributed by atoms with Gasteiger partial charge >= 0.3 is 12.2 Å². The van der Waals surface area contributed by atoms with Crippen LogP contribution in [-0.4, -0.2) is 34.2 Å². The minimum atomic E-state index is -4.44. The number of alkyl halides is 3. The van der Waals surface area contributed by atoms with Crippen molar-refractivity contribution in [3.8, 4) is 11.4 Å². The normalized spacial score (nSPS) is 14.5. The van der Waals surface area contributed by atoms with Gasteiger partial charge in [-0.25, -0.2) is 4.79 Å². The van der Waals surface area contributed by atoms with E-state index in [1.807, 2.05) is 30.3 Å². The van der Waals surface area contributed by atoms with E-state index in [2.05, 4.69) is 15.5 Å². The summed E-state index contributed by atoms with van der Waals surface area (Å²) in [4.78, 5) is 18.0. The molecule has 0 atom stereocenters. The van der Waals surface area contributed by atoms with Gasteiger partial charge in [0.05, 0.1) is 11.5 Å². The Morgan fingerprint density at radius 2 is 1.90 bits per heavy atom. The van der Waals surface area contributed by atoms with Crippen LogP contribution in [0.4, 0.5) is 18.0 Å². The number of benzene rings is 2. The zero-order valence-electron chi connectivity index (χ0n) is 15.2. The molecule has 150 valence electrons. The van der Waals surface area contributed by atoms with Crippen molar-refractivity contribution >= 4 is 6.03 Å². The van der Waals surface area contributed by atoms with Crippen molar-refractivity contribution < 1.29 is 22.5 Å². The highest BCUT2D eigenvalue weighted by molar-refractivity contribution is 5.75. The van der Waals surface area contributed by atoms with Gasteiger partial charge in [-0.05, 0) is 17.7 Å². The molecule has 1 aromatic heterocycles. The maximum Gasteiger partial charge on any atom is 0.416 e. The molecule has 0 saturated carbocycles. The average Bonchev–Trinajstić information content (AvgIpc) is 3.15. The third-order valence-electron chi connectivity index (χ3n) is 4.69. The van der Waals surface area contributed by atoms with Gasteiger partial charge in [-0.2, -0.15) is 18.2 Å². The van der Waals surface area contributed by atoms with Crippen LogP contribution in [0.3, 0.4) is 0 Å². The fourth-order valence-corrected chi connectivity index (χ4v) is 3.04. The summed E-state index contributed by atoms with van der Waals surface area (Å²) in [6.45, 7) is 1.25. The van der Waals surface area contributed by atoms with Crippen molar-refractivity contribution in [1.82, 2.24) is 20.4 Å². The maximum absolute atomic E-state index is 12.9. The van der Waals surface area contributed by atoms with E-state index in [0.717, 1.165) is 17.7 Å². The highest BCUT2D eigenvalue weighted by atomic mass is 19.4. The Morgan fingerprint density at radius 1 is 1.14 bits per heavy atom. The molecule has 0 aliphatic carbocycles. The van der Waals surface area contributed by atoms with Crippen LogP contribution in [0.15, 0.2) is 59.1 Å². The first-order chi connectivity index (χ1) is 13.9. The first-order valence-corrected chi connectivity index (χ1v) is 8.98. The fraction of sp³-hybridized carbons (Fsp3) is 0.250. The second kappa shape index (κ2) is 7.57. The van der Waals surface area contributed by atoms with Crippen molar-refractivity contribution in [2.45, 2.75) is 18.6 Å². The van der Waals surface area contributed by atoms with Crippen molar-refractivity contribution in [3.63, 3.8) is 0 Å². The summed E-state index contributed by atoms with van der Waals surface area (Å²) in [6, 6.07) is 14.1. The van der Waals surface area contributed by atoms with Crippen LogP contribution in [0.1, 0.15) is 22.9 Å². The van der Waals surface area contributed by atoms with Gasteiger partial charge in [0, 0.05) is 25.2 Å². The fourth-order valence-electron chi connectivity index (χ4n) is 3.04. The van der Waals surface area contributed by atoms with E-state index in [0.29, 0.717) is 25.5 Å². The average molecular weight is 402 g/mol. The van der Waals surface area contributed by atoms with Gasteiger partial charge in [-0.3, -0.25) is 0 Å². The van der Waals surface area contributed by atoms with Gasteiger partial charge in [0.15, 0.2) is 0 Å². The molecular formula is C20H17F3N4O2. The molecule has 2 aromatic carbocycles. The molecule has 0 unspecified atom stereocenters. The van der Waals surface area contributed by atoms with Crippen LogP contribution in [0, 0.1) is 0 Å². The Labute approximate surface area is 164 Å². The number of aromatic nitrogens is 2. The molecule has 4 rings (SSSR count). The third kappa shape index (κ3) is 4.23. The molecule has 1 saturated heterocycles. The topological polar surface area (TPSA) is 71.3 Å². The number of nitrogens with zero attached hydrogens (tertiary/aromatic N) is 3. The van der Waals surface area contributed by atoms with E-state index < -0.39 is 11.7 Å².